The molecule has 0 heterocycles. The molecule has 0 saturated carbocycles. The van der Waals surface area contributed by atoms with Crippen molar-refractivity contribution in [3.8, 4) is 0 Å². The first-order valence-electron chi connectivity index (χ1n) is 5.96. The van der Waals surface area contributed by atoms with Crippen LogP contribution >= 0.6 is 0 Å². The molecule has 0 fully saturated rings. The summed E-state index contributed by atoms with van der Waals surface area (Å²) in [5.74, 6) is -0.0625. The number of hydrogen-bond donors (Lipinski definition) is 1. The van der Waals surface area contributed by atoms with Crippen LogP contribution in [0.1, 0.15) is 56.2 Å². The maximum atomic E-state index is 10.6. The highest BCUT2D eigenvalue weighted by Gasteiger charge is 2.07. The Bertz CT molecular complexity index is 429. The van der Waals surface area contributed by atoms with Gasteiger partial charge in [0.1, 0.15) is 0 Å². The van der Waals surface area contributed by atoms with Gasteiger partial charge in [0.15, 0.2) is 0 Å². The van der Waals surface area contributed by atoms with Crippen LogP contribution in [0.5, 0.6) is 0 Å². The van der Waals surface area contributed by atoms with Crippen LogP contribution in [0.4, 0.5) is 0 Å². The standard InChI is InChI=1S/C15H20O2/c1-10(2)12-5-7-14(11(3)4)13(9-12)6-8-15(16)17/h5-11H,1-4H3,(H,16,17)/b8-6+. The molecule has 0 bridgehead atoms. The maximum absolute atomic E-state index is 10.6. The number of hydrogen-bond acceptors (Lipinski definition) is 1. The van der Waals surface area contributed by atoms with E-state index in [-0.39, 0.29) is 0 Å². The summed E-state index contributed by atoms with van der Waals surface area (Å²) in [6, 6.07) is 6.30. The molecule has 2 heteroatoms. The minimum Gasteiger partial charge on any atom is -0.478 e. The molecule has 0 saturated heterocycles. The van der Waals surface area contributed by atoms with Gasteiger partial charge in [-0.15, -0.1) is 0 Å². The van der Waals surface area contributed by atoms with Crippen LogP contribution in [0.25, 0.3) is 6.08 Å². The molecule has 0 radical (unpaired) electrons. The van der Waals surface area contributed by atoms with Gasteiger partial charge in [-0.2, -0.15) is 0 Å². The van der Waals surface area contributed by atoms with Crippen molar-refractivity contribution in [2.24, 2.45) is 0 Å². The second-order valence-corrected chi connectivity index (χ2v) is 4.87. The van der Waals surface area contributed by atoms with E-state index in [2.05, 4.69) is 45.9 Å². The van der Waals surface area contributed by atoms with Gasteiger partial charge in [0.05, 0.1) is 0 Å². The van der Waals surface area contributed by atoms with Gasteiger partial charge < -0.3 is 5.11 Å². The van der Waals surface area contributed by atoms with E-state index in [0.717, 1.165) is 5.56 Å². The molecule has 0 aliphatic rings. The lowest BCUT2D eigenvalue weighted by Crippen LogP contribution is -1.96. The average Bonchev–Trinajstić information content (AvgIpc) is 2.25. The molecule has 1 N–H and O–H groups in total. The first kappa shape index (κ1) is 13.5. The summed E-state index contributed by atoms with van der Waals surface area (Å²) in [6.07, 6.45) is 2.88. The summed E-state index contributed by atoms with van der Waals surface area (Å²) in [5, 5.41) is 8.70. The summed E-state index contributed by atoms with van der Waals surface area (Å²) in [4.78, 5) is 10.6. The van der Waals surface area contributed by atoms with Crippen LogP contribution in [0.3, 0.4) is 0 Å². The quantitative estimate of drug-likeness (QED) is 0.796. The zero-order valence-corrected chi connectivity index (χ0v) is 10.9. The summed E-state index contributed by atoms with van der Waals surface area (Å²) < 4.78 is 0. The number of rotatable bonds is 4. The van der Waals surface area contributed by atoms with Gasteiger partial charge in [-0.3, -0.25) is 0 Å². The summed E-state index contributed by atoms with van der Waals surface area (Å²) in [7, 11) is 0. The first-order valence-corrected chi connectivity index (χ1v) is 5.96. The fourth-order valence-electron chi connectivity index (χ4n) is 1.78. The van der Waals surface area contributed by atoms with Crippen molar-refractivity contribution in [2.45, 2.75) is 39.5 Å². The van der Waals surface area contributed by atoms with E-state index < -0.39 is 5.97 Å². The smallest absolute Gasteiger partial charge is 0.328 e. The van der Waals surface area contributed by atoms with Crippen LogP contribution in [0.2, 0.25) is 0 Å². The van der Waals surface area contributed by atoms with E-state index in [1.54, 1.807) is 6.08 Å². The van der Waals surface area contributed by atoms with Crippen molar-refractivity contribution in [3.63, 3.8) is 0 Å². The lowest BCUT2D eigenvalue weighted by Gasteiger charge is -2.13. The van der Waals surface area contributed by atoms with Crippen molar-refractivity contribution < 1.29 is 9.90 Å². The highest BCUT2D eigenvalue weighted by atomic mass is 16.4. The van der Waals surface area contributed by atoms with Crippen LogP contribution in [-0.4, -0.2) is 11.1 Å². The van der Waals surface area contributed by atoms with Gasteiger partial charge in [0.25, 0.3) is 0 Å². The number of carboxylic acids is 1. The minimum atomic E-state index is -0.908. The maximum Gasteiger partial charge on any atom is 0.328 e. The molecule has 0 unspecified atom stereocenters. The second kappa shape index (κ2) is 5.67. The fraction of sp³-hybridized carbons (Fsp3) is 0.400. The third-order valence-electron chi connectivity index (χ3n) is 2.80. The van der Waals surface area contributed by atoms with E-state index in [1.807, 2.05) is 0 Å². The summed E-state index contributed by atoms with van der Waals surface area (Å²) >= 11 is 0. The monoisotopic (exact) mass is 232 g/mol. The predicted molar refractivity (Wildman–Crippen MR) is 71.3 cm³/mol. The number of benzene rings is 1. The van der Waals surface area contributed by atoms with Crippen molar-refractivity contribution in [3.05, 3.63) is 41.0 Å². The molecule has 0 atom stereocenters. The zero-order valence-electron chi connectivity index (χ0n) is 10.9. The topological polar surface area (TPSA) is 37.3 Å². The Morgan fingerprint density at radius 2 is 1.82 bits per heavy atom. The second-order valence-electron chi connectivity index (χ2n) is 4.87. The van der Waals surface area contributed by atoms with Crippen molar-refractivity contribution in [1.82, 2.24) is 0 Å². The Morgan fingerprint density at radius 3 is 2.29 bits per heavy atom. The van der Waals surface area contributed by atoms with Crippen molar-refractivity contribution in [2.75, 3.05) is 0 Å². The van der Waals surface area contributed by atoms with Crippen molar-refractivity contribution >= 4 is 12.0 Å². The van der Waals surface area contributed by atoms with Crippen LogP contribution in [0, 0.1) is 0 Å². The Morgan fingerprint density at radius 1 is 1.18 bits per heavy atom. The van der Waals surface area contributed by atoms with Crippen LogP contribution in [0.15, 0.2) is 24.3 Å². The van der Waals surface area contributed by atoms with E-state index in [4.69, 9.17) is 5.11 Å². The summed E-state index contributed by atoms with van der Waals surface area (Å²) in [6.45, 7) is 8.50. The van der Waals surface area contributed by atoms with Gasteiger partial charge in [0.2, 0.25) is 0 Å². The molecular formula is C15H20O2. The molecule has 17 heavy (non-hydrogen) atoms. The van der Waals surface area contributed by atoms with E-state index >= 15 is 0 Å². The first-order chi connectivity index (χ1) is 7.91. The van der Waals surface area contributed by atoms with Gasteiger partial charge in [-0.1, -0.05) is 45.9 Å². The van der Waals surface area contributed by atoms with E-state index in [9.17, 15) is 4.79 Å². The predicted octanol–water partition coefficient (Wildman–Crippen LogP) is 4.03. The molecule has 0 spiro atoms. The lowest BCUT2D eigenvalue weighted by atomic mass is 9.92. The van der Waals surface area contributed by atoms with Crippen molar-refractivity contribution in [1.29, 1.82) is 0 Å². The number of aliphatic carboxylic acids is 1. The molecule has 2 nitrogen and oxygen atoms in total. The Balaban J connectivity index is 3.20. The highest BCUT2D eigenvalue weighted by molar-refractivity contribution is 5.85. The molecule has 1 rings (SSSR count). The fourth-order valence-corrected chi connectivity index (χ4v) is 1.78. The molecular weight excluding hydrogens is 212 g/mol. The molecule has 1 aromatic rings. The lowest BCUT2D eigenvalue weighted by molar-refractivity contribution is -0.131. The van der Waals surface area contributed by atoms with Gasteiger partial charge in [-0.25, -0.2) is 4.79 Å². The molecule has 0 aliphatic heterocycles. The van der Waals surface area contributed by atoms with E-state index in [0.29, 0.717) is 11.8 Å². The molecule has 1 aromatic carbocycles. The van der Waals surface area contributed by atoms with Crippen LogP contribution < -0.4 is 0 Å². The largest absolute Gasteiger partial charge is 0.478 e. The SMILES string of the molecule is CC(C)c1ccc(C(C)C)c(/C=C/C(=O)O)c1. The Labute approximate surface area is 103 Å². The molecule has 0 aromatic heterocycles. The Kier molecular flexibility index (Phi) is 4.50. The zero-order chi connectivity index (χ0) is 13.0. The summed E-state index contributed by atoms with van der Waals surface area (Å²) in [5.41, 5.74) is 3.43. The molecule has 0 amide bonds. The number of carboxylic acid groups (broad SMARTS) is 1. The van der Waals surface area contributed by atoms with Gasteiger partial charge in [-0.05, 0) is 34.6 Å². The molecule has 92 valence electrons. The van der Waals surface area contributed by atoms with Gasteiger partial charge in [0, 0.05) is 6.08 Å². The number of carbonyl (C=O) groups is 1. The highest BCUT2D eigenvalue weighted by Crippen LogP contribution is 2.25. The normalized spacial score (nSPS) is 11.6. The average molecular weight is 232 g/mol. The third kappa shape index (κ3) is 3.74. The van der Waals surface area contributed by atoms with E-state index in [1.165, 1.54) is 17.2 Å². The molecule has 0 aliphatic carbocycles. The van der Waals surface area contributed by atoms with Gasteiger partial charge >= 0.3 is 5.97 Å². The third-order valence-corrected chi connectivity index (χ3v) is 2.80. The Hall–Kier alpha value is -1.57. The van der Waals surface area contributed by atoms with Crippen LogP contribution in [-0.2, 0) is 4.79 Å². The minimum absolute atomic E-state index is 0.393.